The van der Waals surface area contributed by atoms with E-state index < -0.39 is 5.41 Å². The lowest BCUT2D eigenvalue weighted by Gasteiger charge is -2.47. The van der Waals surface area contributed by atoms with Gasteiger partial charge in [0.25, 0.3) is 0 Å². The first kappa shape index (κ1) is 35.4. The van der Waals surface area contributed by atoms with Crippen LogP contribution in [0.1, 0.15) is 59.7 Å². The Labute approximate surface area is 341 Å². The van der Waals surface area contributed by atoms with Crippen molar-refractivity contribution in [3.63, 3.8) is 0 Å². The maximum absolute atomic E-state index is 5.03. The Balaban J connectivity index is 1.10. The molecule has 0 N–H and O–H groups in total. The van der Waals surface area contributed by atoms with Gasteiger partial charge in [-0.25, -0.2) is 15.0 Å². The number of allylic oxidation sites excluding steroid dienone is 4. The number of nitrogens with zero attached hydrogens (tertiary/aromatic N) is 3. The predicted octanol–water partition coefficient (Wildman–Crippen LogP) is 13.1. The van der Waals surface area contributed by atoms with Crippen molar-refractivity contribution in [3.05, 3.63) is 239 Å². The van der Waals surface area contributed by atoms with E-state index in [9.17, 15) is 0 Å². The van der Waals surface area contributed by atoms with Crippen molar-refractivity contribution in [3.8, 4) is 45.3 Å². The maximum Gasteiger partial charge on any atom is 0.164 e. The molecule has 8 aromatic rings. The summed E-state index contributed by atoms with van der Waals surface area (Å²) in [5, 5.41) is 0. The van der Waals surface area contributed by atoms with Crippen molar-refractivity contribution in [2.75, 3.05) is 0 Å². The monoisotopic (exact) mass is 745 g/mol. The van der Waals surface area contributed by atoms with Crippen molar-refractivity contribution in [1.82, 2.24) is 15.0 Å². The zero-order valence-corrected chi connectivity index (χ0v) is 33.0. The summed E-state index contributed by atoms with van der Waals surface area (Å²) >= 11 is 0. The largest absolute Gasteiger partial charge is 0.208 e. The number of hydrogen-bond donors (Lipinski definition) is 0. The number of hydrogen-bond acceptors (Lipinski definition) is 3. The molecule has 278 valence electrons. The van der Waals surface area contributed by atoms with Crippen LogP contribution in [0.4, 0.5) is 0 Å². The molecule has 58 heavy (non-hydrogen) atoms. The van der Waals surface area contributed by atoms with Crippen molar-refractivity contribution in [2.45, 2.75) is 38.0 Å². The minimum atomic E-state index is -0.435. The second-order valence-electron chi connectivity index (χ2n) is 15.9. The molecule has 2 aliphatic carbocycles. The molecule has 0 saturated carbocycles. The molecule has 1 aromatic heterocycles. The first-order chi connectivity index (χ1) is 28.5. The molecule has 3 heteroatoms. The topological polar surface area (TPSA) is 38.7 Å². The highest BCUT2D eigenvalue weighted by molar-refractivity contribution is 5.92. The quantitative estimate of drug-likeness (QED) is 0.163. The van der Waals surface area contributed by atoms with Crippen LogP contribution >= 0.6 is 0 Å². The molecule has 0 radical (unpaired) electrons. The lowest BCUT2D eigenvalue weighted by atomic mass is 9.54. The van der Waals surface area contributed by atoms with Gasteiger partial charge in [-0.1, -0.05) is 202 Å². The van der Waals surface area contributed by atoms with Gasteiger partial charge in [0.05, 0.1) is 5.41 Å². The van der Waals surface area contributed by atoms with Crippen LogP contribution in [0.2, 0.25) is 0 Å². The maximum atomic E-state index is 5.03. The van der Waals surface area contributed by atoms with Crippen molar-refractivity contribution >= 4 is 5.57 Å². The highest BCUT2D eigenvalue weighted by Crippen LogP contribution is 2.61. The fraction of sp³-hybridized carbons (Fsp3) is 0.109. The van der Waals surface area contributed by atoms with Crippen molar-refractivity contribution in [2.24, 2.45) is 0 Å². The van der Waals surface area contributed by atoms with Crippen LogP contribution in [0.3, 0.4) is 0 Å². The van der Waals surface area contributed by atoms with Gasteiger partial charge in [0.1, 0.15) is 0 Å². The smallest absolute Gasteiger partial charge is 0.164 e. The SMILES string of the molecule is C/C=C\C1=C(Cc2cccc(-c3cccc(-c4nc(-c5ccccc5)nc(-c5ccccc5)n4)c3)c2)C2(c3ccccc31)c1ccccc1C(C)(C)c1ccccc12. The van der Waals surface area contributed by atoms with E-state index in [1.54, 1.807) is 0 Å². The standard InChI is InChI=1S/C55H43N3/c1-4-19-43-44-28-11-12-29-45(44)55(48-32-15-13-30-46(48)54(2,3)47-31-14-16-33-49(47)55)50(43)35-37-20-17-25-40(34-37)41-26-18-27-42(36-41)53-57-51(38-21-7-5-8-22-38)56-52(58-53)39-23-9-6-10-24-39/h4-34,36H,35H2,1-3H3/b19-4-. The van der Waals surface area contributed by atoms with E-state index in [0.29, 0.717) is 17.5 Å². The first-order valence-electron chi connectivity index (χ1n) is 20.2. The number of fused-ring (bicyclic) bond motifs is 6. The Kier molecular flexibility index (Phi) is 8.68. The Morgan fingerprint density at radius 3 is 1.47 bits per heavy atom. The van der Waals surface area contributed by atoms with E-state index in [1.165, 1.54) is 50.1 Å². The molecule has 0 saturated heterocycles. The molecule has 0 amide bonds. The summed E-state index contributed by atoms with van der Waals surface area (Å²) in [6, 6.07) is 65.4. The second kappa shape index (κ2) is 14.2. The molecule has 2 aliphatic rings. The fourth-order valence-electron chi connectivity index (χ4n) is 9.61. The summed E-state index contributed by atoms with van der Waals surface area (Å²) in [5.74, 6) is 1.96. The molecule has 0 unspecified atom stereocenters. The minimum absolute atomic E-state index is 0.144. The van der Waals surface area contributed by atoms with Crippen LogP contribution in [0, 0.1) is 0 Å². The van der Waals surface area contributed by atoms with E-state index in [2.05, 4.69) is 154 Å². The average Bonchev–Trinajstić information content (AvgIpc) is 3.55. The molecule has 0 bridgehead atoms. The van der Waals surface area contributed by atoms with Gasteiger partial charge in [-0.15, -0.1) is 0 Å². The molecule has 0 fully saturated rings. The van der Waals surface area contributed by atoms with Crippen LogP contribution in [-0.4, -0.2) is 15.0 Å². The summed E-state index contributed by atoms with van der Waals surface area (Å²) in [5.41, 5.74) is 16.8. The molecule has 1 heterocycles. The van der Waals surface area contributed by atoms with Crippen LogP contribution in [0.25, 0.3) is 50.9 Å². The first-order valence-corrected chi connectivity index (χ1v) is 20.2. The van der Waals surface area contributed by atoms with Crippen LogP contribution in [0.5, 0.6) is 0 Å². The Bertz CT molecular complexity index is 2790. The predicted molar refractivity (Wildman–Crippen MR) is 238 cm³/mol. The van der Waals surface area contributed by atoms with Gasteiger partial charge in [0, 0.05) is 22.1 Å². The molecule has 3 nitrogen and oxygen atoms in total. The fourth-order valence-corrected chi connectivity index (χ4v) is 9.61. The summed E-state index contributed by atoms with van der Waals surface area (Å²) in [6.45, 7) is 6.90. The average molecular weight is 746 g/mol. The Hall–Kier alpha value is -6.97. The lowest BCUT2D eigenvalue weighted by molar-refractivity contribution is 0.554. The van der Waals surface area contributed by atoms with Gasteiger partial charge < -0.3 is 0 Å². The highest BCUT2D eigenvalue weighted by Gasteiger charge is 2.53. The molecular formula is C55H43N3. The summed E-state index contributed by atoms with van der Waals surface area (Å²) in [4.78, 5) is 15.0. The van der Waals surface area contributed by atoms with E-state index in [1.807, 2.05) is 60.7 Å². The van der Waals surface area contributed by atoms with Gasteiger partial charge in [-0.2, -0.15) is 0 Å². The Morgan fingerprint density at radius 1 is 0.431 bits per heavy atom. The van der Waals surface area contributed by atoms with Gasteiger partial charge in [-0.05, 0) is 80.6 Å². The third-order valence-corrected chi connectivity index (χ3v) is 12.2. The summed E-state index contributed by atoms with van der Waals surface area (Å²) in [7, 11) is 0. The molecule has 10 rings (SSSR count). The summed E-state index contributed by atoms with van der Waals surface area (Å²) < 4.78 is 0. The normalized spacial score (nSPS) is 14.7. The van der Waals surface area contributed by atoms with E-state index in [0.717, 1.165) is 34.2 Å². The highest BCUT2D eigenvalue weighted by atomic mass is 15.0. The van der Waals surface area contributed by atoms with E-state index >= 15 is 0 Å². The number of aromatic nitrogens is 3. The third-order valence-electron chi connectivity index (χ3n) is 12.2. The van der Waals surface area contributed by atoms with Gasteiger partial charge in [0.2, 0.25) is 0 Å². The molecular weight excluding hydrogens is 703 g/mol. The van der Waals surface area contributed by atoms with Crippen LogP contribution in [-0.2, 0) is 17.3 Å². The number of benzene rings is 7. The molecule has 0 atom stereocenters. The third kappa shape index (κ3) is 5.69. The van der Waals surface area contributed by atoms with Gasteiger partial charge in [-0.3, -0.25) is 0 Å². The lowest BCUT2D eigenvalue weighted by Crippen LogP contribution is -2.41. The zero-order valence-electron chi connectivity index (χ0n) is 33.0. The second-order valence-corrected chi connectivity index (χ2v) is 15.9. The zero-order chi connectivity index (χ0) is 39.3. The van der Waals surface area contributed by atoms with Crippen LogP contribution in [0.15, 0.2) is 200 Å². The van der Waals surface area contributed by atoms with Crippen LogP contribution < -0.4 is 0 Å². The Morgan fingerprint density at radius 2 is 0.879 bits per heavy atom. The summed E-state index contributed by atoms with van der Waals surface area (Å²) in [6.07, 6.45) is 5.33. The van der Waals surface area contributed by atoms with Gasteiger partial charge >= 0.3 is 0 Å². The minimum Gasteiger partial charge on any atom is -0.208 e. The molecule has 7 aromatic carbocycles. The molecule has 0 aliphatic heterocycles. The number of rotatable bonds is 7. The van der Waals surface area contributed by atoms with Crippen molar-refractivity contribution in [1.29, 1.82) is 0 Å². The van der Waals surface area contributed by atoms with Gasteiger partial charge in [0.15, 0.2) is 17.5 Å². The van der Waals surface area contributed by atoms with E-state index in [-0.39, 0.29) is 5.41 Å². The van der Waals surface area contributed by atoms with E-state index in [4.69, 9.17) is 15.0 Å². The van der Waals surface area contributed by atoms with Crippen molar-refractivity contribution < 1.29 is 0 Å². The molecule has 1 spiro atoms.